The van der Waals surface area contributed by atoms with Gasteiger partial charge in [-0.15, -0.1) is 0 Å². The maximum absolute atomic E-state index is 9.54. The third-order valence-electron chi connectivity index (χ3n) is 3.26. The number of benzene rings is 2. The lowest BCUT2D eigenvalue weighted by Crippen LogP contribution is -2.29. The molecule has 4 heteroatoms. The summed E-state index contributed by atoms with van der Waals surface area (Å²) in [5, 5.41) is 13.6. The molecule has 0 aliphatic rings. The van der Waals surface area contributed by atoms with Crippen LogP contribution < -0.4 is 10.1 Å². The number of hydrogen-bond donors (Lipinski definition) is 2. The summed E-state index contributed by atoms with van der Waals surface area (Å²) in [5.41, 5.74) is 2.02. The number of halogens is 1. The van der Waals surface area contributed by atoms with Gasteiger partial charge in [0.1, 0.15) is 5.75 Å². The van der Waals surface area contributed by atoms with Crippen LogP contribution in [-0.4, -0.2) is 24.9 Å². The minimum atomic E-state index is -0.430. The van der Waals surface area contributed by atoms with E-state index < -0.39 is 6.10 Å². The summed E-state index contributed by atoms with van der Waals surface area (Å²) in [6.07, 6.45) is -0.430. The van der Waals surface area contributed by atoms with Crippen LogP contribution in [0.25, 0.3) is 0 Å². The van der Waals surface area contributed by atoms with Gasteiger partial charge in [0.25, 0.3) is 0 Å². The number of methoxy groups -OCH3 is 1. The average Bonchev–Trinajstić information content (AvgIpc) is 2.49. The topological polar surface area (TPSA) is 41.5 Å². The Morgan fingerprint density at radius 1 is 1.19 bits per heavy atom. The van der Waals surface area contributed by atoms with Crippen molar-refractivity contribution in [3.05, 3.63) is 64.7 Å². The highest BCUT2D eigenvalue weighted by atomic mass is 35.5. The molecule has 2 N–H and O–H groups in total. The predicted molar refractivity (Wildman–Crippen MR) is 86.0 cm³/mol. The van der Waals surface area contributed by atoms with Gasteiger partial charge >= 0.3 is 0 Å². The van der Waals surface area contributed by atoms with Crippen LogP contribution in [0, 0.1) is 0 Å². The minimum Gasteiger partial charge on any atom is -0.497 e. The molecule has 112 valence electrons. The van der Waals surface area contributed by atoms with E-state index in [1.807, 2.05) is 48.5 Å². The van der Waals surface area contributed by atoms with E-state index in [0.29, 0.717) is 11.6 Å². The van der Waals surface area contributed by atoms with Crippen LogP contribution in [0.2, 0.25) is 5.02 Å². The Hall–Kier alpha value is -1.55. The highest BCUT2D eigenvalue weighted by Gasteiger charge is 2.17. The molecule has 2 rings (SSSR count). The molecule has 21 heavy (non-hydrogen) atoms. The molecule has 2 atom stereocenters. The van der Waals surface area contributed by atoms with Gasteiger partial charge in [0.15, 0.2) is 0 Å². The van der Waals surface area contributed by atoms with Crippen molar-refractivity contribution in [1.29, 1.82) is 0 Å². The van der Waals surface area contributed by atoms with Gasteiger partial charge in [0.2, 0.25) is 0 Å². The number of rotatable bonds is 6. The van der Waals surface area contributed by atoms with Crippen molar-refractivity contribution in [3.63, 3.8) is 0 Å². The van der Waals surface area contributed by atoms with E-state index >= 15 is 0 Å². The van der Waals surface area contributed by atoms with E-state index in [1.54, 1.807) is 14.0 Å². The van der Waals surface area contributed by atoms with Crippen LogP contribution in [0.4, 0.5) is 0 Å². The number of ether oxygens (including phenoxy) is 1. The van der Waals surface area contributed by atoms with Crippen molar-refractivity contribution in [2.45, 2.75) is 19.1 Å². The molecule has 0 aromatic heterocycles. The van der Waals surface area contributed by atoms with Gasteiger partial charge in [-0.05, 0) is 36.2 Å². The van der Waals surface area contributed by atoms with Crippen molar-refractivity contribution in [3.8, 4) is 5.75 Å². The van der Waals surface area contributed by atoms with Gasteiger partial charge in [0.05, 0.1) is 19.3 Å². The second kappa shape index (κ2) is 7.46. The SMILES string of the molecule is COc1cccc(C(NCC(C)O)c2ccccc2Cl)c1. The van der Waals surface area contributed by atoms with E-state index in [2.05, 4.69) is 5.32 Å². The van der Waals surface area contributed by atoms with Crippen molar-refractivity contribution in [1.82, 2.24) is 5.32 Å². The fraction of sp³-hybridized carbons (Fsp3) is 0.294. The normalized spacial score (nSPS) is 13.7. The third-order valence-corrected chi connectivity index (χ3v) is 3.60. The van der Waals surface area contributed by atoms with Crippen LogP contribution >= 0.6 is 11.6 Å². The predicted octanol–water partition coefficient (Wildman–Crippen LogP) is 3.41. The van der Waals surface area contributed by atoms with Gasteiger partial charge < -0.3 is 15.2 Å². The summed E-state index contributed by atoms with van der Waals surface area (Å²) in [6.45, 7) is 2.23. The molecule has 0 radical (unpaired) electrons. The molecule has 0 aliphatic heterocycles. The van der Waals surface area contributed by atoms with E-state index in [-0.39, 0.29) is 6.04 Å². The van der Waals surface area contributed by atoms with E-state index in [1.165, 1.54) is 0 Å². The summed E-state index contributed by atoms with van der Waals surface area (Å²) in [6, 6.07) is 15.5. The number of nitrogens with one attached hydrogen (secondary N) is 1. The zero-order valence-corrected chi connectivity index (χ0v) is 13.0. The van der Waals surface area contributed by atoms with Crippen molar-refractivity contribution < 1.29 is 9.84 Å². The standard InChI is InChI=1S/C17H20ClNO2/c1-12(20)11-19-17(15-8-3-4-9-16(15)18)13-6-5-7-14(10-13)21-2/h3-10,12,17,19-20H,11H2,1-2H3. The van der Waals surface area contributed by atoms with Gasteiger partial charge in [-0.1, -0.05) is 41.9 Å². The lowest BCUT2D eigenvalue weighted by molar-refractivity contribution is 0.188. The van der Waals surface area contributed by atoms with Crippen LogP contribution in [-0.2, 0) is 0 Å². The summed E-state index contributed by atoms with van der Waals surface area (Å²) in [7, 11) is 1.65. The van der Waals surface area contributed by atoms with Crippen molar-refractivity contribution >= 4 is 11.6 Å². The van der Waals surface area contributed by atoms with Gasteiger partial charge in [-0.3, -0.25) is 0 Å². The molecule has 0 bridgehead atoms. The Morgan fingerprint density at radius 3 is 2.62 bits per heavy atom. The summed E-state index contributed by atoms with van der Waals surface area (Å²) >= 11 is 6.32. The Kier molecular flexibility index (Phi) is 5.62. The molecule has 0 amide bonds. The Bertz CT molecular complexity index is 587. The second-order valence-electron chi connectivity index (χ2n) is 4.99. The first kappa shape index (κ1) is 15.8. The van der Waals surface area contributed by atoms with Gasteiger partial charge in [-0.2, -0.15) is 0 Å². The summed E-state index contributed by atoms with van der Waals surface area (Å²) in [4.78, 5) is 0. The Morgan fingerprint density at radius 2 is 1.95 bits per heavy atom. The molecule has 0 aliphatic carbocycles. The second-order valence-corrected chi connectivity index (χ2v) is 5.40. The third kappa shape index (κ3) is 4.21. The van der Waals surface area contributed by atoms with Crippen LogP contribution in [0.3, 0.4) is 0 Å². The fourth-order valence-electron chi connectivity index (χ4n) is 2.23. The smallest absolute Gasteiger partial charge is 0.119 e. The maximum atomic E-state index is 9.54. The fourth-order valence-corrected chi connectivity index (χ4v) is 2.47. The first-order valence-corrected chi connectivity index (χ1v) is 7.29. The largest absolute Gasteiger partial charge is 0.497 e. The molecule has 0 fully saturated rings. The highest BCUT2D eigenvalue weighted by Crippen LogP contribution is 2.29. The van der Waals surface area contributed by atoms with Crippen molar-refractivity contribution in [2.75, 3.05) is 13.7 Å². The highest BCUT2D eigenvalue weighted by molar-refractivity contribution is 6.31. The Labute approximate surface area is 130 Å². The molecular formula is C17H20ClNO2. The van der Waals surface area contributed by atoms with Crippen LogP contribution in [0.1, 0.15) is 24.1 Å². The molecule has 0 spiro atoms. The van der Waals surface area contributed by atoms with E-state index in [9.17, 15) is 5.11 Å². The summed E-state index contributed by atoms with van der Waals surface area (Å²) in [5.74, 6) is 0.795. The Balaban J connectivity index is 2.37. The van der Waals surface area contributed by atoms with E-state index in [4.69, 9.17) is 16.3 Å². The molecule has 0 heterocycles. The van der Waals surface area contributed by atoms with E-state index in [0.717, 1.165) is 16.9 Å². The molecular weight excluding hydrogens is 286 g/mol. The monoisotopic (exact) mass is 305 g/mol. The minimum absolute atomic E-state index is 0.0941. The molecule has 2 unspecified atom stereocenters. The van der Waals surface area contributed by atoms with Crippen LogP contribution in [0.15, 0.2) is 48.5 Å². The average molecular weight is 306 g/mol. The summed E-state index contributed by atoms with van der Waals surface area (Å²) < 4.78 is 5.29. The molecule has 0 saturated heterocycles. The maximum Gasteiger partial charge on any atom is 0.119 e. The molecule has 2 aromatic carbocycles. The first-order valence-electron chi connectivity index (χ1n) is 6.91. The zero-order valence-electron chi connectivity index (χ0n) is 12.2. The number of aliphatic hydroxyl groups excluding tert-OH is 1. The first-order chi connectivity index (χ1) is 10.1. The number of aliphatic hydroxyl groups is 1. The molecule has 0 saturated carbocycles. The van der Waals surface area contributed by atoms with Gasteiger partial charge in [-0.25, -0.2) is 0 Å². The van der Waals surface area contributed by atoms with Crippen LogP contribution in [0.5, 0.6) is 5.75 Å². The quantitative estimate of drug-likeness (QED) is 0.859. The lowest BCUT2D eigenvalue weighted by atomic mass is 9.98. The van der Waals surface area contributed by atoms with Gasteiger partial charge in [0, 0.05) is 11.6 Å². The zero-order chi connectivity index (χ0) is 15.2. The number of hydrogen-bond acceptors (Lipinski definition) is 3. The lowest BCUT2D eigenvalue weighted by Gasteiger charge is -2.22. The molecule has 3 nitrogen and oxygen atoms in total. The molecule has 2 aromatic rings. The van der Waals surface area contributed by atoms with Crippen molar-refractivity contribution in [2.24, 2.45) is 0 Å².